The molecule has 0 saturated carbocycles. The summed E-state index contributed by atoms with van der Waals surface area (Å²) in [6.45, 7) is 6.12. The molecular formula is C36H42N4O2. The van der Waals surface area contributed by atoms with Crippen molar-refractivity contribution in [3.63, 3.8) is 0 Å². The number of anilines is 1. The molecule has 1 unspecified atom stereocenters. The van der Waals surface area contributed by atoms with Gasteiger partial charge in [-0.25, -0.2) is 0 Å². The number of ether oxygens (including phenoxy) is 1. The predicted molar refractivity (Wildman–Crippen MR) is 170 cm³/mol. The highest BCUT2D eigenvalue weighted by Gasteiger charge is 2.25. The number of hydrogen-bond donors (Lipinski definition) is 0. The highest BCUT2D eigenvalue weighted by atomic mass is 16.5. The smallest absolute Gasteiger partial charge is 0.253 e. The zero-order valence-electron chi connectivity index (χ0n) is 24.8. The van der Waals surface area contributed by atoms with Gasteiger partial charge in [0.15, 0.2) is 0 Å². The van der Waals surface area contributed by atoms with Crippen LogP contribution in [-0.4, -0.2) is 60.5 Å². The molecule has 0 bridgehead atoms. The Morgan fingerprint density at radius 1 is 0.881 bits per heavy atom. The van der Waals surface area contributed by atoms with E-state index in [1.165, 1.54) is 41.5 Å². The van der Waals surface area contributed by atoms with Gasteiger partial charge in [0.05, 0.1) is 12.1 Å². The predicted octanol–water partition coefficient (Wildman–Crippen LogP) is 6.79. The van der Waals surface area contributed by atoms with Gasteiger partial charge in [-0.15, -0.1) is 0 Å². The van der Waals surface area contributed by atoms with E-state index in [4.69, 9.17) is 4.74 Å². The summed E-state index contributed by atoms with van der Waals surface area (Å²) < 4.78 is 6.28. The van der Waals surface area contributed by atoms with E-state index >= 15 is 0 Å². The number of hydrogen-bond acceptors (Lipinski definition) is 5. The first-order valence-electron chi connectivity index (χ1n) is 15.5. The quantitative estimate of drug-likeness (QED) is 0.225. The van der Waals surface area contributed by atoms with Gasteiger partial charge in [0.2, 0.25) is 0 Å². The fourth-order valence-electron chi connectivity index (χ4n) is 6.39. The van der Waals surface area contributed by atoms with Gasteiger partial charge in [-0.1, -0.05) is 24.3 Å². The lowest BCUT2D eigenvalue weighted by Crippen LogP contribution is -2.41. The Morgan fingerprint density at radius 2 is 1.69 bits per heavy atom. The molecule has 2 fully saturated rings. The van der Waals surface area contributed by atoms with Gasteiger partial charge in [-0.3, -0.25) is 14.7 Å². The normalized spacial score (nSPS) is 17.5. The summed E-state index contributed by atoms with van der Waals surface area (Å²) in [5.74, 6) is 1.37. The lowest BCUT2D eigenvalue weighted by molar-refractivity contribution is 0.0633. The van der Waals surface area contributed by atoms with Gasteiger partial charge in [0, 0.05) is 68.0 Å². The molecule has 2 aliphatic heterocycles. The molecule has 0 aliphatic carbocycles. The average molecular weight is 563 g/mol. The number of likely N-dealkylation sites (tertiary alicyclic amines) is 1. The first-order chi connectivity index (χ1) is 20.6. The van der Waals surface area contributed by atoms with Gasteiger partial charge >= 0.3 is 0 Å². The van der Waals surface area contributed by atoms with Crippen molar-refractivity contribution in [2.75, 3.05) is 44.7 Å². The molecule has 0 spiro atoms. The molecule has 6 nitrogen and oxygen atoms in total. The van der Waals surface area contributed by atoms with Gasteiger partial charge in [-0.2, -0.15) is 0 Å². The maximum Gasteiger partial charge on any atom is 0.253 e. The van der Waals surface area contributed by atoms with Crippen LogP contribution in [0.25, 0.3) is 10.9 Å². The Bertz CT molecular complexity index is 1480. The van der Waals surface area contributed by atoms with E-state index in [1.54, 1.807) is 0 Å². The number of carbonyl (C=O) groups excluding carboxylic acids is 1. The Balaban J connectivity index is 0.996. The molecule has 6 rings (SSSR count). The zero-order valence-corrected chi connectivity index (χ0v) is 24.8. The van der Waals surface area contributed by atoms with Crippen molar-refractivity contribution < 1.29 is 9.53 Å². The Kier molecular flexibility index (Phi) is 9.00. The molecule has 0 radical (unpaired) electrons. The van der Waals surface area contributed by atoms with Crippen molar-refractivity contribution in [3.05, 3.63) is 102 Å². The fraction of sp³-hybridized carbons (Fsp3) is 0.389. The van der Waals surface area contributed by atoms with Gasteiger partial charge in [-0.05, 0) is 105 Å². The molecule has 1 amide bonds. The third-order valence-electron chi connectivity index (χ3n) is 8.60. The van der Waals surface area contributed by atoms with Crippen molar-refractivity contribution in [3.8, 4) is 5.75 Å². The van der Waals surface area contributed by atoms with Crippen LogP contribution in [-0.2, 0) is 13.1 Å². The van der Waals surface area contributed by atoms with E-state index in [9.17, 15) is 4.79 Å². The minimum Gasteiger partial charge on any atom is -0.493 e. The van der Waals surface area contributed by atoms with Crippen LogP contribution in [0.5, 0.6) is 5.75 Å². The van der Waals surface area contributed by atoms with Crippen molar-refractivity contribution >= 4 is 22.5 Å². The minimum atomic E-state index is 0.137. The second-order valence-corrected chi connectivity index (χ2v) is 12.0. The van der Waals surface area contributed by atoms with Crippen molar-refractivity contribution in [2.45, 2.75) is 45.2 Å². The first-order valence-corrected chi connectivity index (χ1v) is 15.5. The Hall–Kier alpha value is -3.90. The SMILES string of the molecule is CN(Cc1cccc(OCC2CCCN(C(=O)c3ccc(N4CCCCC4)cc3)C2)c1)Cc1ccc2ncccc2c1. The van der Waals surface area contributed by atoms with Crippen LogP contribution in [0.15, 0.2) is 85.1 Å². The number of benzene rings is 3. The molecule has 3 aromatic carbocycles. The number of pyridine rings is 1. The van der Waals surface area contributed by atoms with Crippen LogP contribution in [0.4, 0.5) is 5.69 Å². The number of carbonyl (C=O) groups is 1. The molecule has 218 valence electrons. The highest BCUT2D eigenvalue weighted by Crippen LogP contribution is 2.24. The van der Waals surface area contributed by atoms with Crippen LogP contribution >= 0.6 is 0 Å². The largest absolute Gasteiger partial charge is 0.493 e. The fourth-order valence-corrected chi connectivity index (χ4v) is 6.39. The lowest BCUT2D eigenvalue weighted by atomic mass is 9.98. The average Bonchev–Trinajstić information content (AvgIpc) is 3.04. The molecule has 0 N–H and O–H groups in total. The molecule has 6 heteroatoms. The minimum absolute atomic E-state index is 0.137. The summed E-state index contributed by atoms with van der Waals surface area (Å²) in [4.78, 5) is 24.5. The van der Waals surface area contributed by atoms with Crippen molar-refractivity contribution in [1.29, 1.82) is 0 Å². The molecule has 3 heterocycles. The number of piperidine rings is 2. The van der Waals surface area contributed by atoms with E-state index in [0.29, 0.717) is 12.5 Å². The molecule has 2 aliphatic rings. The number of nitrogens with zero attached hydrogens (tertiary/aromatic N) is 4. The van der Waals surface area contributed by atoms with E-state index in [2.05, 4.69) is 76.4 Å². The summed E-state index contributed by atoms with van der Waals surface area (Å²) in [6, 6.07) is 27.2. The maximum atomic E-state index is 13.3. The van der Waals surface area contributed by atoms with Crippen molar-refractivity contribution in [1.82, 2.24) is 14.8 Å². The topological polar surface area (TPSA) is 48.9 Å². The number of rotatable bonds is 9. The summed E-state index contributed by atoms with van der Waals surface area (Å²) >= 11 is 0. The van der Waals surface area contributed by atoms with Gasteiger partial charge < -0.3 is 14.5 Å². The lowest BCUT2D eigenvalue weighted by Gasteiger charge is -2.33. The highest BCUT2D eigenvalue weighted by molar-refractivity contribution is 5.94. The van der Waals surface area contributed by atoms with Gasteiger partial charge in [0.25, 0.3) is 5.91 Å². The van der Waals surface area contributed by atoms with E-state index < -0.39 is 0 Å². The third-order valence-corrected chi connectivity index (χ3v) is 8.60. The summed E-state index contributed by atoms with van der Waals surface area (Å²) in [6.07, 6.45) is 7.76. The van der Waals surface area contributed by atoms with Crippen LogP contribution in [0, 0.1) is 5.92 Å². The molecule has 4 aromatic rings. The summed E-state index contributed by atoms with van der Waals surface area (Å²) in [5.41, 5.74) is 5.55. The van der Waals surface area contributed by atoms with E-state index in [0.717, 1.165) is 68.9 Å². The Morgan fingerprint density at radius 3 is 2.52 bits per heavy atom. The van der Waals surface area contributed by atoms with Crippen LogP contribution < -0.4 is 9.64 Å². The monoisotopic (exact) mass is 562 g/mol. The molecule has 2 saturated heterocycles. The molecule has 42 heavy (non-hydrogen) atoms. The number of fused-ring (bicyclic) bond motifs is 1. The number of aromatic nitrogens is 1. The van der Waals surface area contributed by atoms with E-state index in [-0.39, 0.29) is 5.91 Å². The zero-order chi connectivity index (χ0) is 28.7. The van der Waals surface area contributed by atoms with E-state index in [1.807, 2.05) is 35.4 Å². The van der Waals surface area contributed by atoms with Crippen LogP contribution in [0.3, 0.4) is 0 Å². The molecule has 1 atom stereocenters. The van der Waals surface area contributed by atoms with Crippen LogP contribution in [0.1, 0.15) is 53.6 Å². The molecule has 1 aromatic heterocycles. The Labute approximate surface area is 249 Å². The maximum absolute atomic E-state index is 13.3. The molecular weight excluding hydrogens is 520 g/mol. The second-order valence-electron chi connectivity index (χ2n) is 12.0. The summed E-state index contributed by atoms with van der Waals surface area (Å²) in [7, 11) is 2.15. The summed E-state index contributed by atoms with van der Waals surface area (Å²) in [5, 5.41) is 1.17. The second kappa shape index (κ2) is 13.4. The standard InChI is InChI=1S/C36H42N4O2/c1-38(25-29-12-17-35-32(22-29)10-6-18-37-35)24-28-8-5-11-34(23-28)42-27-30-9-7-21-40(26-30)36(41)31-13-15-33(16-14-31)39-19-3-2-4-20-39/h5-6,8,10-18,22-23,30H,2-4,7,9,19-21,24-27H2,1H3. The van der Waals surface area contributed by atoms with Crippen molar-refractivity contribution in [2.24, 2.45) is 5.92 Å². The first kappa shape index (κ1) is 28.2. The van der Waals surface area contributed by atoms with Gasteiger partial charge in [0.1, 0.15) is 5.75 Å². The third kappa shape index (κ3) is 7.11. The number of amides is 1. The van der Waals surface area contributed by atoms with Crippen LogP contribution in [0.2, 0.25) is 0 Å².